The predicted octanol–water partition coefficient (Wildman–Crippen LogP) is 4.89. The third-order valence-corrected chi connectivity index (χ3v) is 5.86. The monoisotopic (exact) mass is 310 g/mol. The number of piperidine rings is 1. The van der Waals surface area contributed by atoms with Crippen molar-refractivity contribution in [1.29, 1.82) is 0 Å². The van der Waals surface area contributed by atoms with E-state index in [0.717, 1.165) is 23.9 Å². The molecule has 0 atom stereocenters. The van der Waals surface area contributed by atoms with Gasteiger partial charge in [-0.05, 0) is 76.9 Å². The molecule has 0 N–H and O–H groups in total. The summed E-state index contributed by atoms with van der Waals surface area (Å²) in [4.78, 5) is 5.30. The molecule has 1 aliphatic heterocycles. The van der Waals surface area contributed by atoms with E-state index < -0.39 is 0 Å². The van der Waals surface area contributed by atoms with Gasteiger partial charge in [0.2, 0.25) is 0 Å². The fraction of sp³-hybridized carbons (Fsp3) is 1.00. The average molecular weight is 311 g/mol. The van der Waals surface area contributed by atoms with Crippen LogP contribution in [0.1, 0.15) is 74.1 Å². The van der Waals surface area contributed by atoms with E-state index in [2.05, 4.69) is 51.5 Å². The fourth-order valence-electron chi connectivity index (χ4n) is 3.99. The molecule has 0 aromatic carbocycles. The Morgan fingerprint density at radius 1 is 1.05 bits per heavy atom. The molecule has 22 heavy (non-hydrogen) atoms. The molecule has 2 nitrogen and oxygen atoms in total. The highest BCUT2D eigenvalue weighted by atomic mass is 15.2. The highest BCUT2D eigenvalue weighted by Gasteiger charge is 2.38. The van der Waals surface area contributed by atoms with Crippen molar-refractivity contribution in [3.05, 3.63) is 0 Å². The molecule has 1 heterocycles. The minimum absolute atomic E-state index is 0.525. The molecule has 0 aromatic heterocycles. The van der Waals surface area contributed by atoms with Crippen LogP contribution in [0.15, 0.2) is 0 Å². The molecule has 2 rings (SSSR count). The van der Waals surface area contributed by atoms with Crippen molar-refractivity contribution < 1.29 is 0 Å². The normalized spacial score (nSPS) is 27.5. The van der Waals surface area contributed by atoms with Crippen LogP contribution in [0.5, 0.6) is 0 Å². The lowest BCUT2D eigenvalue weighted by molar-refractivity contribution is 0.0331. The van der Waals surface area contributed by atoms with Crippen LogP contribution in [0, 0.1) is 17.3 Å². The van der Waals surface area contributed by atoms with Crippen molar-refractivity contribution in [1.82, 2.24) is 9.80 Å². The third-order valence-electron chi connectivity index (χ3n) is 5.86. The zero-order chi connectivity index (χ0) is 16.9. The maximum absolute atomic E-state index is 2.67. The first kappa shape index (κ1) is 20.0. The van der Waals surface area contributed by atoms with Gasteiger partial charge in [0.25, 0.3) is 0 Å². The summed E-state index contributed by atoms with van der Waals surface area (Å²) in [5.41, 5.74) is 0.525. The van der Waals surface area contributed by atoms with Gasteiger partial charge in [0.15, 0.2) is 0 Å². The number of hydrogen-bond acceptors (Lipinski definition) is 2. The number of rotatable bonds is 4. The van der Waals surface area contributed by atoms with Gasteiger partial charge in [0, 0.05) is 18.6 Å². The van der Waals surface area contributed by atoms with Gasteiger partial charge in [-0.2, -0.15) is 0 Å². The Kier molecular flexibility index (Phi) is 7.88. The van der Waals surface area contributed by atoms with Crippen molar-refractivity contribution in [3.8, 4) is 0 Å². The van der Waals surface area contributed by atoms with Gasteiger partial charge in [-0.3, -0.25) is 0 Å². The summed E-state index contributed by atoms with van der Waals surface area (Å²) < 4.78 is 0. The van der Waals surface area contributed by atoms with Crippen molar-refractivity contribution in [3.63, 3.8) is 0 Å². The summed E-state index contributed by atoms with van der Waals surface area (Å²) in [6.07, 6.45) is 5.64. The maximum Gasteiger partial charge on any atom is 0.0117 e. The molecule has 0 unspecified atom stereocenters. The van der Waals surface area contributed by atoms with Gasteiger partial charge in [0.1, 0.15) is 0 Å². The molecule has 0 radical (unpaired) electrons. The van der Waals surface area contributed by atoms with Crippen LogP contribution in [-0.2, 0) is 0 Å². The van der Waals surface area contributed by atoms with Gasteiger partial charge in [0.05, 0.1) is 0 Å². The Balaban J connectivity index is 0.00000116. The Bertz CT molecular complexity index is 291. The Morgan fingerprint density at radius 3 is 1.95 bits per heavy atom. The standard InChI is InChI=1S/C18H36N2.C2H6/c1-14(2)20-9-7-17(8-10-20)19(6)13-15-11-16(12-15)18(3,4)5;1-2/h14-17H,7-13H2,1-6H3;1-2H3. The van der Waals surface area contributed by atoms with Crippen LogP contribution in [-0.4, -0.2) is 48.6 Å². The van der Waals surface area contributed by atoms with Gasteiger partial charge in [-0.1, -0.05) is 34.6 Å². The lowest BCUT2D eigenvalue weighted by Gasteiger charge is -2.46. The molecular formula is C20H42N2. The van der Waals surface area contributed by atoms with Crippen molar-refractivity contribution in [2.45, 2.75) is 86.2 Å². The predicted molar refractivity (Wildman–Crippen MR) is 99.4 cm³/mol. The van der Waals surface area contributed by atoms with Crippen LogP contribution < -0.4 is 0 Å². The molecular weight excluding hydrogens is 268 g/mol. The largest absolute Gasteiger partial charge is 0.303 e. The molecule has 132 valence electrons. The third kappa shape index (κ3) is 5.53. The first-order valence-corrected chi connectivity index (χ1v) is 9.71. The topological polar surface area (TPSA) is 6.48 Å². The summed E-state index contributed by atoms with van der Waals surface area (Å²) in [5, 5.41) is 0. The van der Waals surface area contributed by atoms with Crippen molar-refractivity contribution in [2.24, 2.45) is 17.3 Å². The quantitative estimate of drug-likeness (QED) is 0.729. The smallest absolute Gasteiger partial charge is 0.0117 e. The first-order chi connectivity index (χ1) is 10.3. The van der Waals surface area contributed by atoms with E-state index in [9.17, 15) is 0 Å². The van der Waals surface area contributed by atoms with Crippen LogP contribution >= 0.6 is 0 Å². The lowest BCUT2D eigenvalue weighted by Crippen LogP contribution is -2.48. The second kappa shape index (κ2) is 8.68. The zero-order valence-corrected chi connectivity index (χ0v) is 16.7. The van der Waals surface area contributed by atoms with Crippen molar-refractivity contribution >= 4 is 0 Å². The summed E-state index contributed by atoms with van der Waals surface area (Å²) in [6, 6.07) is 1.55. The van der Waals surface area contributed by atoms with Crippen molar-refractivity contribution in [2.75, 3.05) is 26.7 Å². The van der Waals surface area contributed by atoms with E-state index in [1.807, 2.05) is 13.8 Å². The summed E-state index contributed by atoms with van der Waals surface area (Å²) >= 11 is 0. The second-order valence-corrected chi connectivity index (χ2v) is 8.70. The molecule has 0 bridgehead atoms. The summed E-state index contributed by atoms with van der Waals surface area (Å²) in [7, 11) is 2.36. The fourth-order valence-corrected chi connectivity index (χ4v) is 3.99. The van der Waals surface area contributed by atoms with Gasteiger partial charge in [-0.25, -0.2) is 0 Å². The van der Waals surface area contributed by atoms with E-state index in [4.69, 9.17) is 0 Å². The van der Waals surface area contributed by atoms with E-state index in [-0.39, 0.29) is 0 Å². The number of hydrogen-bond donors (Lipinski definition) is 0. The first-order valence-electron chi connectivity index (χ1n) is 9.71. The average Bonchev–Trinajstić information content (AvgIpc) is 2.43. The Hall–Kier alpha value is -0.0800. The van der Waals surface area contributed by atoms with Gasteiger partial charge < -0.3 is 9.80 Å². The highest BCUT2D eigenvalue weighted by molar-refractivity contribution is 4.89. The second-order valence-electron chi connectivity index (χ2n) is 8.70. The highest BCUT2D eigenvalue weighted by Crippen LogP contribution is 2.45. The molecule has 1 aliphatic carbocycles. The van der Waals surface area contributed by atoms with Crippen LogP contribution in [0.25, 0.3) is 0 Å². The molecule has 0 aromatic rings. The Morgan fingerprint density at radius 2 is 1.55 bits per heavy atom. The van der Waals surface area contributed by atoms with Gasteiger partial charge >= 0.3 is 0 Å². The SMILES string of the molecule is CC.CC(C)N1CCC(N(C)CC2CC(C(C)(C)C)C2)CC1. The van der Waals surface area contributed by atoms with Crippen LogP contribution in [0.3, 0.4) is 0 Å². The molecule has 0 spiro atoms. The summed E-state index contributed by atoms with van der Waals surface area (Å²) in [6.45, 7) is 19.8. The van der Waals surface area contributed by atoms with Gasteiger partial charge in [-0.15, -0.1) is 0 Å². The molecule has 1 saturated carbocycles. The van der Waals surface area contributed by atoms with E-state index in [0.29, 0.717) is 5.41 Å². The number of nitrogens with zero attached hydrogens (tertiary/aromatic N) is 2. The molecule has 2 heteroatoms. The van der Waals surface area contributed by atoms with E-state index in [1.165, 1.54) is 45.3 Å². The van der Waals surface area contributed by atoms with E-state index >= 15 is 0 Å². The molecule has 1 saturated heterocycles. The minimum atomic E-state index is 0.525. The summed E-state index contributed by atoms with van der Waals surface area (Å²) in [5.74, 6) is 1.93. The van der Waals surface area contributed by atoms with Crippen LogP contribution in [0.2, 0.25) is 0 Å². The molecule has 2 aliphatic rings. The lowest BCUT2D eigenvalue weighted by atomic mass is 9.63. The number of likely N-dealkylation sites (tertiary alicyclic amines) is 1. The zero-order valence-electron chi connectivity index (χ0n) is 16.7. The molecule has 0 amide bonds. The Labute approximate surface area is 140 Å². The minimum Gasteiger partial charge on any atom is -0.303 e. The van der Waals surface area contributed by atoms with E-state index in [1.54, 1.807) is 0 Å². The molecule has 2 fully saturated rings. The maximum atomic E-state index is 2.67. The van der Waals surface area contributed by atoms with Crippen LogP contribution in [0.4, 0.5) is 0 Å².